The van der Waals surface area contributed by atoms with Crippen LogP contribution in [0.25, 0.3) is 5.69 Å². The molecule has 9 heteroatoms. The Morgan fingerprint density at radius 1 is 1.18 bits per heavy atom. The fourth-order valence-corrected chi connectivity index (χ4v) is 2.94. The molecule has 0 radical (unpaired) electrons. The lowest BCUT2D eigenvalue weighted by Gasteiger charge is -2.11. The van der Waals surface area contributed by atoms with E-state index in [-0.39, 0.29) is 18.1 Å². The summed E-state index contributed by atoms with van der Waals surface area (Å²) in [6, 6.07) is 9.31. The van der Waals surface area contributed by atoms with Crippen molar-refractivity contribution in [3.05, 3.63) is 42.2 Å². The van der Waals surface area contributed by atoms with Gasteiger partial charge in [-0.3, -0.25) is 14.2 Å². The molecule has 0 unspecified atom stereocenters. The van der Waals surface area contributed by atoms with E-state index in [1.807, 2.05) is 36.6 Å². The molecule has 0 spiro atoms. The van der Waals surface area contributed by atoms with Crippen LogP contribution in [0.3, 0.4) is 0 Å². The summed E-state index contributed by atoms with van der Waals surface area (Å²) in [6.07, 6.45) is 3.97. The second-order valence-electron chi connectivity index (χ2n) is 5.64. The predicted molar refractivity (Wildman–Crippen MR) is 105 cm³/mol. The van der Waals surface area contributed by atoms with Crippen molar-refractivity contribution in [2.75, 3.05) is 26.0 Å². The van der Waals surface area contributed by atoms with Crippen LogP contribution in [0.4, 0.5) is 0 Å². The van der Waals surface area contributed by atoms with E-state index in [4.69, 9.17) is 9.47 Å². The number of para-hydroxylation sites is 1. The number of hydrogen-bond donors (Lipinski definition) is 1. The summed E-state index contributed by atoms with van der Waals surface area (Å²) in [5.74, 6) is -1.38. The maximum atomic E-state index is 12.4. The molecule has 0 aliphatic carbocycles. The Labute approximate surface area is 167 Å². The van der Waals surface area contributed by atoms with Crippen molar-refractivity contribution in [1.29, 1.82) is 0 Å². The number of hydrogen-bond acceptors (Lipinski definition) is 7. The smallest absolute Gasteiger partial charge is 0.357 e. The zero-order valence-corrected chi connectivity index (χ0v) is 16.7. The number of ether oxygens (including phenoxy) is 2. The molecule has 1 heterocycles. The molecule has 0 fully saturated rings. The van der Waals surface area contributed by atoms with Gasteiger partial charge in [0, 0.05) is 18.7 Å². The molecule has 8 nitrogen and oxygen atoms in total. The molecule has 150 valence electrons. The van der Waals surface area contributed by atoms with Crippen molar-refractivity contribution in [2.24, 2.45) is 0 Å². The third kappa shape index (κ3) is 6.12. The minimum atomic E-state index is -0.640. The molecule has 0 saturated carbocycles. The van der Waals surface area contributed by atoms with Gasteiger partial charge in [0.05, 0.1) is 12.8 Å². The van der Waals surface area contributed by atoms with Gasteiger partial charge in [0.2, 0.25) is 0 Å². The molecular weight excluding hydrogens is 382 g/mol. The quantitative estimate of drug-likeness (QED) is 0.367. The van der Waals surface area contributed by atoms with Crippen molar-refractivity contribution in [3.63, 3.8) is 0 Å². The molecule has 1 N–H and O–H groups in total. The zero-order chi connectivity index (χ0) is 20.4. The monoisotopic (exact) mass is 405 g/mol. The number of aromatic nitrogens is 2. The highest BCUT2D eigenvalue weighted by atomic mass is 32.2. The van der Waals surface area contributed by atoms with Crippen molar-refractivity contribution in [2.45, 2.75) is 24.9 Å². The zero-order valence-electron chi connectivity index (χ0n) is 15.8. The van der Waals surface area contributed by atoms with Crippen LogP contribution in [0, 0.1) is 0 Å². The van der Waals surface area contributed by atoms with Gasteiger partial charge < -0.3 is 14.8 Å². The van der Waals surface area contributed by atoms with Crippen molar-refractivity contribution < 1.29 is 23.9 Å². The fraction of sp³-hybridized carbons (Fsp3) is 0.368. The van der Waals surface area contributed by atoms with Crippen molar-refractivity contribution in [1.82, 2.24) is 14.9 Å². The van der Waals surface area contributed by atoms with E-state index in [0.717, 1.165) is 5.69 Å². The maximum absolute atomic E-state index is 12.4. The number of thioether (sulfide) groups is 1. The third-order valence-corrected chi connectivity index (χ3v) is 4.31. The highest BCUT2D eigenvalue weighted by Gasteiger charge is 2.19. The number of rotatable bonds is 10. The van der Waals surface area contributed by atoms with Gasteiger partial charge >= 0.3 is 11.9 Å². The number of nitrogens with one attached hydrogen (secondary N) is 1. The van der Waals surface area contributed by atoms with Crippen LogP contribution in [-0.4, -0.2) is 53.4 Å². The predicted octanol–water partition coefficient (Wildman–Crippen LogP) is 2.21. The van der Waals surface area contributed by atoms with Crippen molar-refractivity contribution >= 4 is 29.6 Å². The van der Waals surface area contributed by atoms with Crippen LogP contribution in [0.1, 0.15) is 30.3 Å². The average molecular weight is 405 g/mol. The lowest BCUT2D eigenvalue weighted by molar-refractivity contribution is -0.143. The Balaban J connectivity index is 1.87. The maximum Gasteiger partial charge on any atom is 0.357 e. The normalized spacial score (nSPS) is 10.4. The lowest BCUT2D eigenvalue weighted by atomic mass is 10.3. The molecule has 2 rings (SSSR count). The van der Waals surface area contributed by atoms with E-state index < -0.39 is 18.5 Å². The van der Waals surface area contributed by atoms with E-state index in [2.05, 4.69) is 10.3 Å². The van der Waals surface area contributed by atoms with E-state index in [1.165, 1.54) is 18.0 Å². The number of carbonyl (C=O) groups is 3. The molecule has 0 saturated heterocycles. The number of benzene rings is 1. The minimum absolute atomic E-state index is 0.224. The molecule has 0 aliphatic heterocycles. The van der Waals surface area contributed by atoms with Gasteiger partial charge in [-0.1, -0.05) is 30.0 Å². The summed E-state index contributed by atoms with van der Waals surface area (Å²) in [4.78, 5) is 39.7. The van der Waals surface area contributed by atoms with Gasteiger partial charge in [-0.05, 0) is 31.7 Å². The van der Waals surface area contributed by atoms with Crippen LogP contribution in [0.2, 0.25) is 0 Å². The first-order valence-electron chi connectivity index (χ1n) is 8.83. The molecule has 1 aromatic carbocycles. The fourth-order valence-electron chi connectivity index (χ4n) is 2.40. The van der Waals surface area contributed by atoms with Gasteiger partial charge in [0.1, 0.15) is 0 Å². The molecule has 1 aromatic heterocycles. The number of imidazole rings is 1. The Kier molecular flexibility index (Phi) is 8.54. The molecule has 1 amide bonds. The molecule has 0 bridgehead atoms. The average Bonchev–Trinajstić information content (AvgIpc) is 3.14. The van der Waals surface area contributed by atoms with Crippen LogP contribution < -0.4 is 5.32 Å². The lowest BCUT2D eigenvalue weighted by Crippen LogP contribution is -2.30. The van der Waals surface area contributed by atoms with Crippen LogP contribution >= 0.6 is 11.8 Å². The second-order valence-corrected chi connectivity index (χ2v) is 6.41. The Bertz CT molecular complexity index is 807. The third-order valence-electron chi connectivity index (χ3n) is 3.66. The summed E-state index contributed by atoms with van der Waals surface area (Å²) in [5.41, 5.74) is 1.02. The van der Waals surface area contributed by atoms with Gasteiger partial charge in [-0.25, -0.2) is 9.78 Å². The molecule has 0 aliphatic rings. The van der Waals surface area contributed by atoms with Crippen LogP contribution in [0.5, 0.6) is 0 Å². The number of esters is 2. The topological polar surface area (TPSA) is 99.5 Å². The number of nitrogens with zero attached hydrogens (tertiary/aromatic N) is 2. The van der Waals surface area contributed by atoms with Crippen LogP contribution in [-0.2, 0) is 19.1 Å². The number of amides is 1. The highest BCUT2D eigenvalue weighted by Crippen LogP contribution is 2.22. The molecule has 28 heavy (non-hydrogen) atoms. The van der Waals surface area contributed by atoms with Gasteiger partial charge in [-0.2, -0.15) is 0 Å². The van der Waals surface area contributed by atoms with E-state index in [9.17, 15) is 14.4 Å². The summed E-state index contributed by atoms with van der Waals surface area (Å²) in [7, 11) is 0. The first kappa shape index (κ1) is 21.5. The second kappa shape index (κ2) is 11.1. The first-order chi connectivity index (χ1) is 13.6. The summed E-state index contributed by atoms with van der Waals surface area (Å²) in [5, 5.41) is 3.24. The van der Waals surface area contributed by atoms with E-state index >= 15 is 0 Å². The Morgan fingerprint density at radius 2 is 1.93 bits per heavy atom. The van der Waals surface area contributed by atoms with E-state index in [0.29, 0.717) is 24.7 Å². The minimum Gasteiger partial charge on any atom is -0.466 e. The molecule has 2 aromatic rings. The van der Waals surface area contributed by atoms with Gasteiger partial charge in [0.25, 0.3) is 5.91 Å². The van der Waals surface area contributed by atoms with Gasteiger partial charge in [0.15, 0.2) is 17.5 Å². The summed E-state index contributed by atoms with van der Waals surface area (Å²) >= 11 is 1.40. The first-order valence-corrected chi connectivity index (χ1v) is 10.1. The van der Waals surface area contributed by atoms with Gasteiger partial charge in [-0.15, -0.1) is 0 Å². The largest absolute Gasteiger partial charge is 0.466 e. The SMILES string of the molecule is CCOC(=O)CCCNC(=O)COC(=O)c1cnc(SC)n1-c1ccccc1. The molecular formula is C19H23N3O5S. The number of carbonyl (C=O) groups excluding carboxylic acids is 3. The Hall–Kier alpha value is -2.81. The highest BCUT2D eigenvalue weighted by molar-refractivity contribution is 7.98. The molecule has 0 atom stereocenters. The van der Waals surface area contributed by atoms with Crippen LogP contribution in [0.15, 0.2) is 41.7 Å². The Morgan fingerprint density at radius 3 is 2.61 bits per heavy atom. The summed E-state index contributed by atoms with van der Waals surface area (Å²) < 4.78 is 11.6. The van der Waals surface area contributed by atoms with E-state index in [1.54, 1.807) is 11.5 Å². The standard InChI is InChI=1S/C19H23N3O5S/c1-3-26-17(24)10-7-11-20-16(23)13-27-18(25)15-12-21-19(28-2)22(15)14-8-5-4-6-9-14/h4-6,8-9,12H,3,7,10-11,13H2,1-2H3,(H,20,23). The van der Waals surface area contributed by atoms with Crippen molar-refractivity contribution in [3.8, 4) is 5.69 Å². The summed E-state index contributed by atoms with van der Waals surface area (Å²) in [6.45, 7) is 1.96.